The number of nitrogens with zero attached hydrogens (tertiary/aromatic N) is 3. The van der Waals surface area contributed by atoms with Crippen LogP contribution < -0.4 is 9.47 Å². The summed E-state index contributed by atoms with van der Waals surface area (Å²) in [6.45, 7) is 5.87. The maximum absolute atomic E-state index is 5.94. The van der Waals surface area contributed by atoms with E-state index in [-0.39, 0.29) is 0 Å². The van der Waals surface area contributed by atoms with E-state index in [9.17, 15) is 0 Å². The lowest BCUT2D eigenvalue weighted by Crippen LogP contribution is -2.37. The van der Waals surface area contributed by atoms with Crippen LogP contribution in [0.3, 0.4) is 0 Å². The first-order chi connectivity index (χ1) is 11.2. The highest BCUT2D eigenvalue weighted by molar-refractivity contribution is 7.11. The number of rotatable bonds is 6. The molecule has 0 bridgehead atoms. The third-order valence-electron chi connectivity index (χ3n) is 4.07. The minimum absolute atomic E-state index is 0.569. The van der Waals surface area contributed by atoms with Crippen LogP contribution in [0.25, 0.3) is 0 Å². The van der Waals surface area contributed by atoms with Gasteiger partial charge in [0.1, 0.15) is 21.5 Å². The van der Waals surface area contributed by atoms with Crippen molar-refractivity contribution in [3.8, 4) is 11.5 Å². The topological polar surface area (TPSA) is 47.5 Å². The molecule has 5 nitrogen and oxygen atoms in total. The first-order valence-corrected chi connectivity index (χ1v) is 8.83. The molecule has 0 saturated carbocycles. The molecule has 124 valence electrons. The van der Waals surface area contributed by atoms with Gasteiger partial charge in [-0.3, -0.25) is 4.90 Å². The Hall–Kier alpha value is -1.66. The molecule has 0 N–H and O–H groups in total. The summed E-state index contributed by atoms with van der Waals surface area (Å²) in [5.74, 6) is 2.33. The highest BCUT2D eigenvalue weighted by Gasteiger charge is 2.21. The smallest absolute Gasteiger partial charge is 0.131 e. The van der Waals surface area contributed by atoms with Crippen LogP contribution in [0.1, 0.15) is 22.9 Å². The largest absolute Gasteiger partial charge is 0.497 e. The van der Waals surface area contributed by atoms with Gasteiger partial charge in [0, 0.05) is 12.5 Å². The second-order valence-corrected chi connectivity index (χ2v) is 7.21. The molecule has 1 saturated heterocycles. The maximum Gasteiger partial charge on any atom is 0.131 e. The molecule has 1 aliphatic heterocycles. The van der Waals surface area contributed by atoms with Crippen molar-refractivity contribution in [1.29, 1.82) is 0 Å². The van der Waals surface area contributed by atoms with Gasteiger partial charge in [-0.15, -0.1) is 21.5 Å². The van der Waals surface area contributed by atoms with Gasteiger partial charge in [-0.25, -0.2) is 0 Å². The highest BCUT2D eigenvalue weighted by Crippen LogP contribution is 2.22. The van der Waals surface area contributed by atoms with E-state index in [0.29, 0.717) is 5.92 Å². The number of piperidine rings is 1. The summed E-state index contributed by atoms with van der Waals surface area (Å²) in [5, 5.41) is 10.5. The second kappa shape index (κ2) is 7.75. The third-order valence-corrected chi connectivity index (χ3v) is 4.90. The van der Waals surface area contributed by atoms with Crippen LogP contribution in [0.2, 0.25) is 0 Å². The van der Waals surface area contributed by atoms with Crippen LogP contribution in [0.5, 0.6) is 11.5 Å². The van der Waals surface area contributed by atoms with Crippen LogP contribution >= 0.6 is 11.3 Å². The van der Waals surface area contributed by atoms with Gasteiger partial charge >= 0.3 is 0 Å². The quantitative estimate of drug-likeness (QED) is 0.813. The van der Waals surface area contributed by atoms with E-state index in [1.807, 2.05) is 31.2 Å². The molecule has 0 aliphatic carbocycles. The predicted octanol–water partition coefficient (Wildman–Crippen LogP) is 3.15. The summed E-state index contributed by atoms with van der Waals surface area (Å²) < 4.78 is 11.1. The Balaban J connectivity index is 1.48. The molecule has 1 fully saturated rings. The van der Waals surface area contributed by atoms with Gasteiger partial charge in [-0.2, -0.15) is 0 Å². The molecule has 2 aromatic rings. The zero-order valence-corrected chi connectivity index (χ0v) is 14.5. The number of methoxy groups -OCH3 is 1. The van der Waals surface area contributed by atoms with Crippen molar-refractivity contribution in [3.63, 3.8) is 0 Å². The average molecular weight is 333 g/mol. The van der Waals surface area contributed by atoms with E-state index in [4.69, 9.17) is 9.47 Å². The minimum atomic E-state index is 0.569. The zero-order chi connectivity index (χ0) is 16.1. The molecule has 1 atom stereocenters. The Morgan fingerprint density at radius 2 is 2.00 bits per heavy atom. The van der Waals surface area contributed by atoms with Gasteiger partial charge in [0.15, 0.2) is 0 Å². The molecule has 6 heteroatoms. The molecule has 0 radical (unpaired) electrons. The van der Waals surface area contributed by atoms with Crippen LogP contribution in [-0.4, -0.2) is 41.9 Å². The standard InChI is InChI=1S/C17H23N3O2S/c1-13-18-19-17(23-13)11-20-9-3-4-14(10-20)12-22-16-7-5-15(21-2)6-8-16/h5-8,14H,3-4,9-12H2,1-2H3. The lowest BCUT2D eigenvalue weighted by atomic mass is 9.99. The van der Waals surface area contributed by atoms with Crippen molar-refractivity contribution in [2.75, 3.05) is 26.8 Å². The van der Waals surface area contributed by atoms with E-state index in [1.165, 1.54) is 12.8 Å². The Kier molecular flexibility index (Phi) is 5.46. The highest BCUT2D eigenvalue weighted by atomic mass is 32.1. The molecule has 1 aromatic heterocycles. The van der Waals surface area contributed by atoms with Gasteiger partial charge in [0.2, 0.25) is 0 Å². The molecular weight excluding hydrogens is 310 g/mol. The van der Waals surface area contributed by atoms with Gasteiger partial charge in [-0.1, -0.05) is 0 Å². The predicted molar refractivity (Wildman–Crippen MR) is 91.1 cm³/mol. The molecule has 0 spiro atoms. The Labute approximate surface area is 141 Å². The molecule has 1 aromatic carbocycles. The first-order valence-electron chi connectivity index (χ1n) is 8.01. The molecule has 1 aliphatic rings. The summed E-state index contributed by atoms with van der Waals surface area (Å²) >= 11 is 1.69. The number of likely N-dealkylation sites (tertiary alicyclic amines) is 1. The monoisotopic (exact) mass is 333 g/mol. The second-order valence-electron chi connectivity index (χ2n) is 5.94. The number of aromatic nitrogens is 2. The number of aryl methyl sites for hydroxylation is 1. The lowest BCUT2D eigenvalue weighted by Gasteiger charge is -2.31. The Morgan fingerprint density at radius 1 is 1.22 bits per heavy atom. The number of hydrogen-bond acceptors (Lipinski definition) is 6. The van der Waals surface area contributed by atoms with Crippen LogP contribution in [0.15, 0.2) is 24.3 Å². The van der Waals surface area contributed by atoms with Gasteiger partial charge in [0.05, 0.1) is 20.3 Å². The normalized spacial score (nSPS) is 18.8. The lowest BCUT2D eigenvalue weighted by molar-refractivity contribution is 0.125. The summed E-state index contributed by atoms with van der Waals surface area (Å²) in [5.41, 5.74) is 0. The van der Waals surface area contributed by atoms with Gasteiger partial charge < -0.3 is 9.47 Å². The van der Waals surface area contributed by atoms with E-state index < -0.39 is 0 Å². The summed E-state index contributed by atoms with van der Waals surface area (Å²) in [6, 6.07) is 7.79. The number of hydrogen-bond donors (Lipinski definition) is 0. The fraction of sp³-hybridized carbons (Fsp3) is 0.529. The van der Waals surface area contributed by atoms with Crippen LogP contribution in [0, 0.1) is 12.8 Å². The molecule has 0 amide bonds. The number of ether oxygens (including phenoxy) is 2. The summed E-state index contributed by atoms with van der Waals surface area (Å²) in [6.07, 6.45) is 2.44. The van der Waals surface area contributed by atoms with Crippen molar-refractivity contribution in [3.05, 3.63) is 34.3 Å². The molecule has 1 unspecified atom stereocenters. The van der Waals surface area contributed by atoms with E-state index in [2.05, 4.69) is 15.1 Å². The molecule has 23 heavy (non-hydrogen) atoms. The van der Waals surface area contributed by atoms with Gasteiger partial charge in [0.25, 0.3) is 0 Å². The van der Waals surface area contributed by atoms with Crippen molar-refractivity contribution >= 4 is 11.3 Å². The number of benzene rings is 1. The van der Waals surface area contributed by atoms with E-state index in [1.54, 1.807) is 18.4 Å². The van der Waals surface area contributed by atoms with Crippen molar-refractivity contribution in [2.24, 2.45) is 5.92 Å². The summed E-state index contributed by atoms with van der Waals surface area (Å²) in [7, 11) is 1.67. The summed E-state index contributed by atoms with van der Waals surface area (Å²) in [4.78, 5) is 2.46. The SMILES string of the molecule is COc1ccc(OCC2CCCN(Cc3nnc(C)s3)C2)cc1. The van der Waals surface area contributed by atoms with Gasteiger partial charge in [-0.05, 0) is 50.6 Å². The van der Waals surface area contributed by atoms with Crippen molar-refractivity contribution < 1.29 is 9.47 Å². The fourth-order valence-corrected chi connectivity index (χ4v) is 3.66. The zero-order valence-electron chi connectivity index (χ0n) is 13.7. The van der Waals surface area contributed by atoms with Crippen molar-refractivity contribution in [2.45, 2.75) is 26.3 Å². The maximum atomic E-state index is 5.94. The van der Waals surface area contributed by atoms with Crippen LogP contribution in [-0.2, 0) is 6.54 Å². The molecular formula is C17H23N3O2S. The van der Waals surface area contributed by atoms with E-state index >= 15 is 0 Å². The van der Waals surface area contributed by atoms with Crippen LogP contribution in [0.4, 0.5) is 0 Å². The van der Waals surface area contributed by atoms with E-state index in [0.717, 1.165) is 47.8 Å². The average Bonchev–Trinajstić information content (AvgIpc) is 2.99. The Bertz CT molecular complexity index is 615. The Morgan fingerprint density at radius 3 is 2.70 bits per heavy atom. The minimum Gasteiger partial charge on any atom is -0.497 e. The molecule has 3 rings (SSSR count). The molecule has 2 heterocycles. The fourth-order valence-electron chi connectivity index (χ4n) is 2.91. The third kappa shape index (κ3) is 4.65. The van der Waals surface area contributed by atoms with Crippen molar-refractivity contribution in [1.82, 2.24) is 15.1 Å². The first kappa shape index (κ1) is 16.2.